The Morgan fingerprint density at radius 3 is 2.71 bits per heavy atom. The highest BCUT2D eigenvalue weighted by molar-refractivity contribution is 9.10. The summed E-state index contributed by atoms with van der Waals surface area (Å²) in [5.74, 6) is 0.939. The van der Waals surface area contributed by atoms with Crippen molar-refractivity contribution in [2.24, 2.45) is 0 Å². The van der Waals surface area contributed by atoms with Gasteiger partial charge in [-0.15, -0.1) is 0 Å². The summed E-state index contributed by atoms with van der Waals surface area (Å²) in [4.78, 5) is 6.61. The molecule has 0 atom stereocenters. The van der Waals surface area contributed by atoms with Gasteiger partial charge in [0.2, 0.25) is 0 Å². The Kier molecular flexibility index (Phi) is 4.40. The highest BCUT2D eigenvalue weighted by Gasteiger charge is 2.18. The van der Waals surface area contributed by atoms with Crippen LogP contribution >= 0.6 is 15.9 Å². The van der Waals surface area contributed by atoms with E-state index in [1.165, 1.54) is 25.7 Å². The molecule has 0 radical (unpaired) electrons. The maximum absolute atomic E-state index is 6.05. The first kappa shape index (κ1) is 12.8. The van der Waals surface area contributed by atoms with E-state index >= 15 is 0 Å². The molecule has 1 fully saturated rings. The van der Waals surface area contributed by atoms with Crippen LogP contribution in [0.2, 0.25) is 0 Å². The van der Waals surface area contributed by atoms with Crippen LogP contribution in [0.15, 0.2) is 16.7 Å². The third-order valence-electron chi connectivity index (χ3n) is 2.96. The maximum atomic E-state index is 6.05. The molecule has 1 aliphatic rings. The molecular weight excluding hydrogens is 280 g/mol. The van der Waals surface area contributed by atoms with Gasteiger partial charge in [-0.2, -0.15) is 0 Å². The fraction of sp³-hybridized carbons (Fsp3) is 0.615. The van der Waals surface area contributed by atoms with E-state index in [1.54, 1.807) is 0 Å². The van der Waals surface area contributed by atoms with Crippen molar-refractivity contribution < 1.29 is 4.74 Å². The van der Waals surface area contributed by atoms with Crippen LogP contribution in [-0.2, 0) is 6.54 Å². The van der Waals surface area contributed by atoms with E-state index in [2.05, 4.69) is 25.8 Å². The second kappa shape index (κ2) is 5.83. The van der Waals surface area contributed by atoms with E-state index in [-0.39, 0.29) is 0 Å². The average Bonchev–Trinajstić information content (AvgIpc) is 2.74. The first-order chi connectivity index (χ1) is 8.15. The smallest absolute Gasteiger partial charge is 0.142 e. The lowest BCUT2D eigenvalue weighted by Crippen LogP contribution is -2.17. The number of aromatic nitrogens is 1. The third kappa shape index (κ3) is 3.68. The number of pyridine rings is 1. The van der Waals surface area contributed by atoms with Gasteiger partial charge >= 0.3 is 0 Å². The number of rotatable bonds is 4. The predicted octanol–water partition coefficient (Wildman–Crippen LogP) is 3.23. The molecule has 2 rings (SSSR count). The maximum Gasteiger partial charge on any atom is 0.142 e. The molecule has 94 valence electrons. The van der Waals surface area contributed by atoms with Crippen LogP contribution in [0.5, 0.6) is 5.75 Å². The van der Waals surface area contributed by atoms with Gasteiger partial charge in [0, 0.05) is 6.54 Å². The highest BCUT2D eigenvalue weighted by Crippen LogP contribution is 2.27. The molecule has 0 bridgehead atoms. The number of halogens is 1. The lowest BCUT2D eigenvalue weighted by Gasteiger charge is -2.18. The number of hydrogen-bond acceptors (Lipinski definition) is 3. The largest absolute Gasteiger partial charge is 0.488 e. The SMILES string of the molecule is CN(C)Cc1nc(Br)ccc1OC1CCCC1. The van der Waals surface area contributed by atoms with Gasteiger partial charge < -0.3 is 9.64 Å². The molecule has 1 aromatic heterocycles. The van der Waals surface area contributed by atoms with E-state index in [1.807, 2.05) is 26.2 Å². The molecule has 1 aliphatic carbocycles. The van der Waals surface area contributed by atoms with Gasteiger partial charge in [0.1, 0.15) is 10.4 Å². The van der Waals surface area contributed by atoms with Crippen molar-refractivity contribution in [3.63, 3.8) is 0 Å². The van der Waals surface area contributed by atoms with Gasteiger partial charge in [-0.05, 0) is 67.8 Å². The molecular formula is C13H19BrN2O. The van der Waals surface area contributed by atoms with Gasteiger partial charge in [0.25, 0.3) is 0 Å². The second-order valence-corrected chi connectivity index (χ2v) is 5.65. The van der Waals surface area contributed by atoms with Crippen LogP contribution in [0.1, 0.15) is 31.4 Å². The quantitative estimate of drug-likeness (QED) is 0.798. The Morgan fingerprint density at radius 2 is 2.06 bits per heavy atom. The molecule has 4 heteroatoms. The summed E-state index contributed by atoms with van der Waals surface area (Å²) < 4.78 is 6.92. The molecule has 17 heavy (non-hydrogen) atoms. The molecule has 0 amide bonds. The van der Waals surface area contributed by atoms with Gasteiger partial charge in [0.05, 0.1) is 11.8 Å². The predicted molar refractivity (Wildman–Crippen MR) is 72.2 cm³/mol. The topological polar surface area (TPSA) is 25.4 Å². The molecule has 3 nitrogen and oxygen atoms in total. The molecule has 0 aliphatic heterocycles. The minimum absolute atomic E-state index is 0.388. The Bertz CT molecular complexity index is 376. The summed E-state index contributed by atoms with van der Waals surface area (Å²) in [5.41, 5.74) is 1.01. The van der Waals surface area contributed by atoms with Crippen LogP contribution < -0.4 is 4.74 Å². The first-order valence-electron chi connectivity index (χ1n) is 6.12. The van der Waals surface area contributed by atoms with E-state index in [9.17, 15) is 0 Å². The van der Waals surface area contributed by atoms with Crippen LogP contribution in [0.25, 0.3) is 0 Å². The summed E-state index contributed by atoms with van der Waals surface area (Å²) in [6.45, 7) is 0.807. The minimum atomic E-state index is 0.388. The summed E-state index contributed by atoms with van der Waals surface area (Å²) in [7, 11) is 4.09. The average molecular weight is 299 g/mol. The van der Waals surface area contributed by atoms with Crippen LogP contribution in [0.4, 0.5) is 0 Å². The summed E-state index contributed by atoms with van der Waals surface area (Å²) in [6.07, 6.45) is 5.32. The number of ether oxygens (including phenoxy) is 1. The Hall–Kier alpha value is -0.610. The Labute approximate surface area is 111 Å². The standard InChI is InChI=1S/C13H19BrN2O/c1-16(2)9-11-12(7-8-13(14)15-11)17-10-5-3-4-6-10/h7-8,10H,3-6,9H2,1-2H3. The van der Waals surface area contributed by atoms with Gasteiger partial charge in [-0.25, -0.2) is 4.98 Å². The third-order valence-corrected chi connectivity index (χ3v) is 3.40. The van der Waals surface area contributed by atoms with Crippen molar-refractivity contribution in [3.8, 4) is 5.75 Å². The summed E-state index contributed by atoms with van der Waals surface area (Å²) in [6, 6.07) is 3.97. The van der Waals surface area contributed by atoms with Crippen LogP contribution in [0.3, 0.4) is 0 Å². The highest BCUT2D eigenvalue weighted by atomic mass is 79.9. The normalized spacial score (nSPS) is 16.7. The first-order valence-corrected chi connectivity index (χ1v) is 6.91. The zero-order valence-corrected chi connectivity index (χ0v) is 12.0. The molecule has 0 N–H and O–H groups in total. The van der Waals surface area contributed by atoms with Gasteiger partial charge in [-0.1, -0.05) is 0 Å². The van der Waals surface area contributed by atoms with Crippen molar-refractivity contribution in [2.75, 3.05) is 14.1 Å². The summed E-state index contributed by atoms with van der Waals surface area (Å²) in [5, 5.41) is 0. The van der Waals surface area contributed by atoms with Crippen LogP contribution in [-0.4, -0.2) is 30.1 Å². The monoisotopic (exact) mass is 298 g/mol. The van der Waals surface area contributed by atoms with Crippen molar-refractivity contribution in [1.29, 1.82) is 0 Å². The molecule has 0 saturated heterocycles. The molecule has 1 saturated carbocycles. The van der Waals surface area contributed by atoms with Crippen LogP contribution in [0, 0.1) is 0 Å². The minimum Gasteiger partial charge on any atom is -0.488 e. The van der Waals surface area contributed by atoms with Crippen molar-refractivity contribution in [2.45, 2.75) is 38.3 Å². The van der Waals surface area contributed by atoms with Crippen molar-refractivity contribution in [1.82, 2.24) is 9.88 Å². The fourth-order valence-electron chi connectivity index (χ4n) is 2.17. The second-order valence-electron chi connectivity index (χ2n) is 4.84. The Morgan fingerprint density at radius 1 is 1.35 bits per heavy atom. The Balaban J connectivity index is 2.13. The van der Waals surface area contributed by atoms with Gasteiger partial charge in [-0.3, -0.25) is 0 Å². The fourth-order valence-corrected chi connectivity index (χ4v) is 2.51. The summed E-state index contributed by atoms with van der Waals surface area (Å²) >= 11 is 3.41. The van der Waals surface area contributed by atoms with E-state index in [0.29, 0.717) is 6.10 Å². The van der Waals surface area contributed by atoms with Gasteiger partial charge in [0.15, 0.2) is 0 Å². The lowest BCUT2D eigenvalue weighted by molar-refractivity contribution is 0.204. The zero-order chi connectivity index (χ0) is 12.3. The molecule has 0 spiro atoms. The lowest BCUT2D eigenvalue weighted by atomic mass is 10.2. The van der Waals surface area contributed by atoms with Crippen molar-refractivity contribution >= 4 is 15.9 Å². The van der Waals surface area contributed by atoms with E-state index in [0.717, 1.165) is 22.6 Å². The number of nitrogens with zero attached hydrogens (tertiary/aromatic N) is 2. The number of hydrogen-bond donors (Lipinski definition) is 0. The molecule has 0 aromatic carbocycles. The van der Waals surface area contributed by atoms with E-state index < -0.39 is 0 Å². The zero-order valence-electron chi connectivity index (χ0n) is 10.4. The van der Waals surface area contributed by atoms with Crippen molar-refractivity contribution in [3.05, 3.63) is 22.4 Å². The van der Waals surface area contributed by atoms with E-state index in [4.69, 9.17) is 4.74 Å². The molecule has 1 aromatic rings. The molecule has 0 unspecified atom stereocenters. The molecule has 1 heterocycles.